The smallest absolute Gasteiger partial charge is 0.122 e. The molecule has 1 saturated heterocycles. The number of furan rings is 1. The van der Waals surface area contributed by atoms with Crippen LogP contribution < -0.4 is 5.32 Å². The Hall–Kier alpha value is -0.800. The number of hydrogen-bond donors (Lipinski definition) is 1. The number of nitrogens with zero attached hydrogens (tertiary/aromatic N) is 1. The minimum Gasteiger partial charge on any atom is -0.468 e. The molecule has 0 aromatic carbocycles. The van der Waals surface area contributed by atoms with Gasteiger partial charge in [-0.15, -0.1) is 0 Å². The normalized spacial score (nSPS) is 24.4. The van der Waals surface area contributed by atoms with Gasteiger partial charge in [-0.25, -0.2) is 0 Å². The van der Waals surface area contributed by atoms with Crippen molar-refractivity contribution in [3.8, 4) is 0 Å². The van der Waals surface area contributed by atoms with Crippen LogP contribution >= 0.6 is 0 Å². The molecule has 3 heteroatoms. The van der Waals surface area contributed by atoms with Gasteiger partial charge in [0.15, 0.2) is 0 Å². The highest BCUT2D eigenvalue weighted by molar-refractivity contribution is 5.17. The molecule has 2 aliphatic rings. The summed E-state index contributed by atoms with van der Waals surface area (Å²) in [6.07, 6.45) is 8.61. The molecule has 118 valence electrons. The fraction of sp³-hybridized carbons (Fsp3) is 0.778. The number of rotatable bonds is 6. The van der Waals surface area contributed by atoms with Gasteiger partial charge in [-0.3, -0.25) is 4.90 Å². The van der Waals surface area contributed by atoms with E-state index in [1.807, 2.05) is 6.26 Å². The number of hydrogen-bond acceptors (Lipinski definition) is 3. The fourth-order valence-corrected chi connectivity index (χ4v) is 3.43. The molecular formula is C18H30N2O. The van der Waals surface area contributed by atoms with Crippen LogP contribution in [0.25, 0.3) is 0 Å². The van der Waals surface area contributed by atoms with Gasteiger partial charge in [-0.05, 0) is 63.1 Å². The Labute approximate surface area is 129 Å². The third kappa shape index (κ3) is 4.33. The van der Waals surface area contributed by atoms with Gasteiger partial charge in [0.25, 0.3) is 0 Å². The summed E-state index contributed by atoms with van der Waals surface area (Å²) in [5.41, 5.74) is 1.38. The fourth-order valence-electron chi connectivity index (χ4n) is 3.43. The summed E-state index contributed by atoms with van der Waals surface area (Å²) < 4.78 is 5.69. The molecule has 1 atom stereocenters. The van der Waals surface area contributed by atoms with E-state index >= 15 is 0 Å². The molecule has 0 bridgehead atoms. The van der Waals surface area contributed by atoms with Gasteiger partial charge in [0, 0.05) is 18.2 Å². The van der Waals surface area contributed by atoms with Crippen LogP contribution in [0.15, 0.2) is 16.7 Å². The monoisotopic (exact) mass is 290 g/mol. The lowest BCUT2D eigenvalue weighted by atomic mass is 9.89. The Balaban J connectivity index is 1.52. The summed E-state index contributed by atoms with van der Waals surface area (Å²) >= 11 is 0. The minimum absolute atomic E-state index is 0.743. The quantitative estimate of drug-likeness (QED) is 0.864. The summed E-state index contributed by atoms with van der Waals surface area (Å²) in [5, 5.41) is 3.56. The molecule has 0 radical (unpaired) electrons. The minimum atomic E-state index is 0.743. The van der Waals surface area contributed by atoms with Crippen molar-refractivity contribution in [3.63, 3.8) is 0 Å². The van der Waals surface area contributed by atoms with E-state index in [4.69, 9.17) is 4.42 Å². The SMILES string of the molecule is CC(C)C1CCCN(Cc2ccoc2CNC2CC2)CC1. The van der Waals surface area contributed by atoms with Crippen LogP contribution in [-0.2, 0) is 13.1 Å². The van der Waals surface area contributed by atoms with Gasteiger partial charge in [-0.2, -0.15) is 0 Å². The Morgan fingerprint density at radius 3 is 2.86 bits per heavy atom. The van der Waals surface area contributed by atoms with Crippen molar-refractivity contribution in [3.05, 3.63) is 23.7 Å². The average Bonchev–Trinajstić information content (AvgIpc) is 3.22. The molecule has 1 aromatic rings. The van der Waals surface area contributed by atoms with E-state index in [2.05, 4.69) is 30.1 Å². The molecule has 1 N–H and O–H groups in total. The first-order chi connectivity index (χ1) is 10.2. The topological polar surface area (TPSA) is 28.4 Å². The first-order valence-corrected chi connectivity index (χ1v) is 8.73. The van der Waals surface area contributed by atoms with Crippen LogP contribution in [0, 0.1) is 11.8 Å². The third-order valence-electron chi connectivity index (χ3n) is 5.17. The second kappa shape index (κ2) is 6.97. The maximum absolute atomic E-state index is 5.69. The average molecular weight is 290 g/mol. The molecule has 1 aliphatic carbocycles. The van der Waals surface area contributed by atoms with Crippen LogP contribution in [-0.4, -0.2) is 24.0 Å². The molecule has 3 nitrogen and oxygen atoms in total. The molecular weight excluding hydrogens is 260 g/mol. The summed E-state index contributed by atoms with van der Waals surface area (Å²) in [5.74, 6) is 2.89. The summed E-state index contributed by atoms with van der Waals surface area (Å²) in [7, 11) is 0. The van der Waals surface area contributed by atoms with E-state index in [0.717, 1.165) is 36.7 Å². The Morgan fingerprint density at radius 2 is 2.10 bits per heavy atom. The van der Waals surface area contributed by atoms with Gasteiger partial charge in [-0.1, -0.05) is 13.8 Å². The molecule has 3 rings (SSSR count). The van der Waals surface area contributed by atoms with Crippen LogP contribution in [0.1, 0.15) is 57.3 Å². The van der Waals surface area contributed by atoms with Crippen molar-refractivity contribution in [2.45, 2.75) is 65.1 Å². The van der Waals surface area contributed by atoms with Crippen molar-refractivity contribution >= 4 is 0 Å². The van der Waals surface area contributed by atoms with Gasteiger partial charge in [0.2, 0.25) is 0 Å². The first-order valence-electron chi connectivity index (χ1n) is 8.73. The Kier molecular flexibility index (Phi) is 5.02. The molecule has 1 aromatic heterocycles. The maximum Gasteiger partial charge on any atom is 0.122 e. The van der Waals surface area contributed by atoms with Crippen molar-refractivity contribution in [2.24, 2.45) is 11.8 Å². The molecule has 2 fully saturated rings. The van der Waals surface area contributed by atoms with E-state index in [1.165, 1.54) is 50.8 Å². The number of likely N-dealkylation sites (tertiary alicyclic amines) is 1. The zero-order valence-electron chi connectivity index (χ0n) is 13.6. The summed E-state index contributed by atoms with van der Waals surface area (Å²) in [6, 6.07) is 2.90. The van der Waals surface area contributed by atoms with Crippen molar-refractivity contribution in [2.75, 3.05) is 13.1 Å². The largest absolute Gasteiger partial charge is 0.468 e. The summed E-state index contributed by atoms with van der Waals surface area (Å²) in [4.78, 5) is 2.62. The van der Waals surface area contributed by atoms with Crippen LogP contribution in [0.2, 0.25) is 0 Å². The van der Waals surface area contributed by atoms with E-state index in [1.54, 1.807) is 0 Å². The highest BCUT2D eigenvalue weighted by Gasteiger charge is 2.23. The van der Waals surface area contributed by atoms with E-state index in [-0.39, 0.29) is 0 Å². The molecule has 21 heavy (non-hydrogen) atoms. The van der Waals surface area contributed by atoms with Gasteiger partial charge in [0.05, 0.1) is 12.8 Å². The van der Waals surface area contributed by atoms with Crippen LogP contribution in [0.4, 0.5) is 0 Å². The first kappa shape index (κ1) is 15.1. The van der Waals surface area contributed by atoms with Gasteiger partial charge in [0.1, 0.15) is 5.76 Å². The molecule has 2 heterocycles. The zero-order valence-corrected chi connectivity index (χ0v) is 13.6. The molecule has 0 spiro atoms. The lowest BCUT2D eigenvalue weighted by molar-refractivity contribution is 0.262. The van der Waals surface area contributed by atoms with E-state index in [0.29, 0.717) is 0 Å². The molecule has 1 aliphatic heterocycles. The second-order valence-electron chi connectivity index (χ2n) is 7.24. The van der Waals surface area contributed by atoms with E-state index < -0.39 is 0 Å². The highest BCUT2D eigenvalue weighted by Crippen LogP contribution is 2.26. The summed E-state index contributed by atoms with van der Waals surface area (Å²) in [6.45, 7) is 9.18. The lowest BCUT2D eigenvalue weighted by Gasteiger charge is -2.21. The van der Waals surface area contributed by atoms with Crippen molar-refractivity contribution in [1.29, 1.82) is 0 Å². The predicted octanol–water partition coefficient (Wildman–Crippen LogP) is 3.79. The third-order valence-corrected chi connectivity index (χ3v) is 5.17. The molecule has 0 amide bonds. The highest BCUT2D eigenvalue weighted by atomic mass is 16.3. The van der Waals surface area contributed by atoms with Gasteiger partial charge < -0.3 is 9.73 Å². The van der Waals surface area contributed by atoms with Crippen molar-refractivity contribution in [1.82, 2.24) is 10.2 Å². The predicted molar refractivity (Wildman–Crippen MR) is 86.0 cm³/mol. The van der Waals surface area contributed by atoms with Crippen molar-refractivity contribution < 1.29 is 4.42 Å². The molecule has 1 unspecified atom stereocenters. The van der Waals surface area contributed by atoms with Crippen LogP contribution in [0.5, 0.6) is 0 Å². The van der Waals surface area contributed by atoms with Crippen LogP contribution in [0.3, 0.4) is 0 Å². The standard InChI is InChI=1S/C18H30N2O/c1-14(2)15-4-3-9-20(10-7-15)13-16-8-11-21-18(16)12-19-17-5-6-17/h8,11,14-15,17,19H,3-7,9-10,12-13H2,1-2H3. The van der Waals surface area contributed by atoms with Gasteiger partial charge >= 0.3 is 0 Å². The zero-order chi connectivity index (χ0) is 14.7. The van der Waals surface area contributed by atoms with E-state index in [9.17, 15) is 0 Å². The Morgan fingerprint density at radius 1 is 1.24 bits per heavy atom. The lowest BCUT2D eigenvalue weighted by Crippen LogP contribution is -2.25. The maximum atomic E-state index is 5.69. The Bertz CT molecular complexity index is 436. The number of nitrogens with one attached hydrogen (secondary N) is 1. The second-order valence-corrected chi connectivity index (χ2v) is 7.24. The molecule has 1 saturated carbocycles.